The van der Waals surface area contributed by atoms with Gasteiger partial charge in [0.05, 0.1) is 25.9 Å². The zero-order valence-electron chi connectivity index (χ0n) is 20.4. The third-order valence-corrected chi connectivity index (χ3v) is 7.33. The Balaban J connectivity index is 1.54. The van der Waals surface area contributed by atoms with E-state index in [0.717, 1.165) is 0 Å². The van der Waals surface area contributed by atoms with Gasteiger partial charge in [0.25, 0.3) is 11.6 Å². The van der Waals surface area contributed by atoms with Crippen molar-refractivity contribution in [1.82, 2.24) is 0 Å². The maximum Gasteiger partial charge on any atom is 0.338 e. The molecule has 0 aliphatic carbocycles. The Morgan fingerprint density at radius 1 is 0.850 bits per heavy atom. The van der Waals surface area contributed by atoms with Gasteiger partial charge in [-0.1, -0.05) is 81.6 Å². The van der Waals surface area contributed by atoms with Crippen LogP contribution in [0.1, 0.15) is 41.5 Å². The summed E-state index contributed by atoms with van der Waals surface area (Å²) in [5.74, 6) is -1.77. The Labute approximate surface area is 247 Å². The fourth-order valence-electron chi connectivity index (χ4n) is 3.74. The van der Waals surface area contributed by atoms with Crippen molar-refractivity contribution in [3.63, 3.8) is 0 Å². The van der Waals surface area contributed by atoms with Gasteiger partial charge in [0.2, 0.25) is 5.78 Å². The monoisotopic (exact) mass is 640 g/mol. The topological polar surface area (TPSA) is 116 Å². The molecule has 0 aliphatic heterocycles. The number of Topliss-reactive ketones (excluding diaryl/α,β-unsaturated/α-hetero) is 1. The molecule has 202 valence electrons. The summed E-state index contributed by atoms with van der Waals surface area (Å²) < 4.78 is 5.66. The SMILES string of the molecule is O=C(O[C@H](C(=O)c1ccccc1)[C@@H](Br)c1cccc([N+](=O)[O-])c1)c1ccc(NC(=O)c2ccc(Cl)cc2Cl)cc1. The van der Waals surface area contributed by atoms with Crippen molar-refractivity contribution in [3.8, 4) is 0 Å². The summed E-state index contributed by atoms with van der Waals surface area (Å²) in [5.41, 5.74) is 1.24. The lowest BCUT2D eigenvalue weighted by Crippen LogP contribution is -2.31. The second-order valence-corrected chi connectivity index (χ2v) is 10.3. The lowest BCUT2D eigenvalue weighted by Gasteiger charge is -2.22. The molecule has 40 heavy (non-hydrogen) atoms. The van der Waals surface area contributed by atoms with Gasteiger partial charge in [-0.25, -0.2) is 4.79 Å². The number of amides is 1. The minimum Gasteiger partial charge on any atom is -0.449 e. The van der Waals surface area contributed by atoms with Gasteiger partial charge in [0.1, 0.15) is 0 Å². The van der Waals surface area contributed by atoms with Gasteiger partial charge in [-0.2, -0.15) is 0 Å². The number of alkyl halides is 1. The molecular formula is C29H19BrCl2N2O6. The minimum atomic E-state index is -1.34. The number of hydrogen-bond donors (Lipinski definition) is 1. The minimum absolute atomic E-state index is 0.118. The van der Waals surface area contributed by atoms with Crippen LogP contribution in [0.4, 0.5) is 11.4 Å². The average Bonchev–Trinajstić information content (AvgIpc) is 2.96. The van der Waals surface area contributed by atoms with Crippen molar-refractivity contribution < 1.29 is 24.0 Å². The number of ketones is 1. The Kier molecular flexibility index (Phi) is 9.31. The number of rotatable bonds is 9. The second kappa shape index (κ2) is 12.9. The Hall–Kier alpha value is -4.05. The van der Waals surface area contributed by atoms with Crippen LogP contribution in [0.15, 0.2) is 97.1 Å². The second-order valence-electron chi connectivity index (χ2n) is 8.47. The van der Waals surface area contributed by atoms with Crippen LogP contribution < -0.4 is 5.32 Å². The van der Waals surface area contributed by atoms with Gasteiger partial charge in [0.15, 0.2) is 6.10 Å². The molecule has 2 atom stereocenters. The van der Waals surface area contributed by atoms with Crippen LogP contribution in [-0.2, 0) is 4.74 Å². The molecule has 4 aromatic carbocycles. The molecule has 0 heterocycles. The van der Waals surface area contributed by atoms with Crippen LogP contribution in [0, 0.1) is 10.1 Å². The number of ether oxygens (including phenoxy) is 1. The summed E-state index contributed by atoms with van der Waals surface area (Å²) in [6.45, 7) is 0. The summed E-state index contributed by atoms with van der Waals surface area (Å²) in [6.07, 6.45) is -1.34. The Bertz CT molecular complexity index is 1580. The van der Waals surface area contributed by atoms with E-state index in [1.54, 1.807) is 42.5 Å². The Morgan fingerprint density at radius 2 is 1.55 bits per heavy atom. The zero-order valence-corrected chi connectivity index (χ0v) is 23.5. The van der Waals surface area contributed by atoms with Crippen molar-refractivity contribution in [2.24, 2.45) is 0 Å². The molecule has 0 fully saturated rings. The number of nitro groups is 1. The molecule has 1 N–H and O–H groups in total. The number of carbonyl (C=O) groups excluding carboxylic acids is 3. The summed E-state index contributed by atoms with van der Waals surface area (Å²) in [7, 11) is 0. The highest BCUT2D eigenvalue weighted by molar-refractivity contribution is 9.09. The number of halogens is 3. The Morgan fingerprint density at radius 3 is 2.20 bits per heavy atom. The molecule has 1 amide bonds. The molecule has 0 aliphatic rings. The van der Waals surface area contributed by atoms with Crippen LogP contribution >= 0.6 is 39.1 Å². The fourth-order valence-corrected chi connectivity index (χ4v) is 4.87. The van der Waals surface area contributed by atoms with Gasteiger partial charge in [0, 0.05) is 28.4 Å². The predicted octanol–water partition coefficient (Wildman–Crippen LogP) is 7.70. The van der Waals surface area contributed by atoms with E-state index in [9.17, 15) is 24.5 Å². The largest absolute Gasteiger partial charge is 0.449 e. The molecule has 8 nitrogen and oxygen atoms in total. The lowest BCUT2D eigenvalue weighted by molar-refractivity contribution is -0.384. The molecule has 11 heteroatoms. The molecule has 0 unspecified atom stereocenters. The maximum atomic E-state index is 13.4. The number of esters is 1. The number of benzene rings is 4. The van der Waals surface area contributed by atoms with E-state index in [2.05, 4.69) is 21.2 Å². The summed E-state index contributed by atoms with van der Waals surface area (Å²) in [6, 6.07) is 24.3. The van der Waals surface area contributed by atoms with Crippen LogP contribution in [0.25, 0.3) is 0 Å². The van der Waals surface area contributed by atoms with E-state index < -0.39 is 33.5 Å². The molecule has 0 saturated carbocycles. The van der Waals surface area contributed by atoms with E-state index in [1.807, 2.05) is 0 Å². The van der Waals surface area contributed by atoms with Gasteiger partial charge in [-0.3, -0.25) is 19.7 Å². The lowest BCUT2D eigenvalue weighted by atomic mass is 9.99. The number of hydrogen-bond acceptors (Lipinski definition) is 6. The smallest absolute Gasteiger partial charge is 0.338 e. The molecule has 0 aromatic heterocycles. The number of carbonyl (C=O) groups is 3. The molecule has 0 radical (unpaired) electrons. The highest BCUT2D eigenvalue weighted by atomic mass is 79.9. The highest BCUT2D eigenvalue weighted by Gasteiger charge is 2.33. The van der Waals surface area contributed by atoms with Crippen molar-refractivity contribution in [2.45, 2.75) is 10.9 Å². The highest BCUT2D eigenvalue weighted by Crippen LogP contribution is 2.33. The van der Waals surface area contributed by atoms with E-state index in [4.69, 9.17) is 27.9 Å². The van der Waals surface area contributed by atoms with Gasteiger partial charge < -0.3 is 10.1 Å². The molecule has 4 rings (SSSR count). The van der Waals surface area contributed by atoms with E-state index in [0.29, 0.717) is 21.8 Å². The molecule has 0 spiro atoms. The summed E-state index contributed by atoms with van der Waals surface area (Å²) in [5, 5.41) is 14.5. The first-order valence-electron chi connectivity index (χ1n) is 11.7. The van der Waals surface area contributed by atoms with Crippen molar-refractivity contribution in [1.29, 1.82) is 0 Å². The summed E-state index contributed by atoms with van der Waals surface area (Å²) in [4.78, 5) is 48.9. The number of anilines is 1. The normalized spacial score (nSPS) is 12.2. The standard InChI is InChI=1S/C29H19BrCl2N2O6/c30-25(19-7-4-8-22(15-19)34(38)39)27(26(35)17-5-2-1-3-6-17)40-29(37)18-9-12-21(13-10-18)33-28(36)23-14-11-20(31)16-24(23)32/h1-16,25,27H,(H,33,36)/t25-,27-/m0/s1. The van der Waals surface area contributed by atoms with Gasteiger partial charge in [-0.15, -0.1) is 0 Å². The predicted molar refractivity (Wildman–Crippen MR) is 156 cm³/mol. The summed E-state index contributed by atoms with van der Waals surface area (Å²) >= 11 is 15.4. The van der Waals surface area contributed by atoms with Crippen LogP contribution in [0.5, 0.6) is 0 Å². The average molecular weight is 642 g/mol. The van der Waals surface area contributed by atoms with Crippen molar-refractivity contribution >= 4 is 68.2 Å². The first-order chi connectivity index (χ1) is 19.1. The quantitative estimate of drug-likeness (QED) is 0.0658. The molecule has 0 bridgehead atoms. The molecule has 4 aromatic rings. The third kappa shape index (κ3) is 6.93. The molecule has 0 saturated heterocycles. The zero-order chi connectivity index (χ0) is 28.8. The maximum absolute atomic E-state index is 13.4. The van der Waals surface area contributed by atoms with E-state index in [1.165, 1.54) is 54.6 Å². The van der Waals surface area contributed by atoms with Gasteiger partial charge in [-0.05, 0) is 48.0 Å². The van der Waals surface area contributed by atoms with Crippen molar-refractivity contribution in [2.75, 3.05) is 5.32 Å². The first kappa shape index (κ1) is 28.9. The number of non-ortho nitro benzene ring substituents is 1. The van der Waals surface area contributed by atoms with Gasteiger partial charge >= 0.3 is 5.97 Å². The first-order valence-corrected chi connectivity index (χ1v) is 13.4. The number of nitrogens with one attached hydrogen (secondary N) is 1. The number of nitrogens with zero attached hydrogens (tertiary/aromatic N) is 1. The fraction of sp³-hybridized carbons (Fsp3) is 0.0690. The van der Waals surface area contributed by atoms with Crippen LogP contribution in [0.3, 0.4) is 0 Å². The molecular weight excluding hydrogens is 623 g/mol. The number of nitro benzene ring substituents is 1. The van der Waals surface area contributed by atoms with E-state index >= 15 is 0 Å². The van der Waals surface area contributed by atoms with Crippen LogP contribution in [-0.4, -0.2) is 28.7 Å². The van der Waals surface area contributed by atoms with E-state index in [-0.39, 0.29) is 21.8 Å². The van der Waals surface area contributed by atoms with Crippen LogP contribution in [0.2, 0.25) is 10.0 Å². The van der Waals surface area contributed by atoms with Crippen molar-refractivity contribution in [3.05, 3.63) is 139 Å². The third-order valence-electron chi connectivity index (χ3n) is 5.77.